The lowest BCUT2D eigenvalue weighted by atomic mass is 9.89. The zero-order chi connectivity index (χ0) is 16.6. The maximum atomic E-state index is 2.36. The van der Waals surface area contributed by atoms with Crippen molar-refractivity contribution in [2.75, 3.05) is 0 Å². The molecule has 0 aliphatic heterocycles. The molecule has 0 N–H and O–H groups in total. The van der Waals surface area contributed by atoms with E-state index in [1.165, 1.54) is 96.3 Å². The molecule has 1 rings (SSSR count). The fourth-order valence-electron chi connectivity index (χ4n) is 3.52. The molecule has 1 heteroatoms. The van der Waals surface area contributed by atoms with E-state index in [2.05, 4.69) is 30.7 Å². The number of hydrogen-bond acceptors (Lipinski definition) is 1. The summed E-state index contributed by atoms with van der Waals surface area (Å²) in [6.07, 6.45) is 21.4. The number of rotatable bonds is 16. The van der Waals surface area contributed by atoms with Crippen LogP contribution in [0.1, 0.15) is 109 Å². The monoisotopic (exact) mass is 336 g/mol. The maximum absolute atomic E-state index is 2.36. The predicted molar refractivity (Wildman–Crippen MR) is 107 cm³/mol. The lowest BCUT2D eigenvalue weighted by molar-refractivity contribution is 0.401. The third-order valence-electron chi connectivity index (χ3n) is 5.04. The van der Waals surface area contributed by atoms with Gasteiger partial charge >= 0.3 is 0 Å². The van der Waals surface area contributed by atoms with Gasteiger partial charge in [0.25, 0.3) is 0 Å². The molecule has 0 aromatic carbocycles. The van der Waals surface area contributed by atoms with Crippen LogP contribution in [0.5, 0.6) is 0 Å². The van der Waals surface area contributed by atoms with Gasteiger partial charge in [0.05, 0.1) is 0 Å². The molecule has 0 saturated carbocycles. The molecular formula is C22H40S. The number of hydrogen-bond donors (Lipinski definition) is 0. The first-order valence-electron chi connectivity index (χ1n) is 10.4. The van der Waals surface area contributed by atoms with E-state index in [0.29, 0.717) is 0 Å². The molecule has 1 aromatic rings. The topological polar surface area (TPSA) is 0 Å². The van der Waals surface area contributed by atoms with Crippen molar-refractivity contribution in [1.29, 1.82) is 0 Å². The van der Waals surface area contributed by atoms with Gasteiger partial charge in [0.15, 0.2) is 0 Å². The average Bonchev–Trinajstić information content (AvgIpc) is 3.06. The Balaban J connectivity index is 2.16. The minimum atomic E-state index is 0.932. The molecule has 1 aromatic heterocycles. The van der Waals surface area contributed by atoms with Crippen LogP contribution in [0.4, 0.5) is 0 Å². The lowest BCUT2D eigenvalue weighted by Gasteiger charge is -2.16. The van der Waals surface area contributed by atoms with Crippen LogP contribution < -0.4 is 0 Å². The summed E-state index contributed by atoms with van der Waals surface area (Å²) < 4.78 is 0. The summed E-state index contributed by atoms with van der Waals surface area (Å²) in [5, 5.41) is 4.59. The van der Waals surface area contributed by atoms with Gasteiger partial charge in [-0.3, -0.25) is 0 Å². The van der Waals surface area contributed by atoms with Crippen LogP contribution in [0.15, 0.2) is 16.8 Å². The molecule has 0 bridgehead atoms. The largest absolute Gasteiger partial charge is 0.152 e. The fourth-order valence-corrected chi connectivity index (χ4v) is 4.20. The van der Waals surface area contributed by atoms with E-state index in [-0.39, 0.29) is 0 Å². The fraction of sp³-hybridized carbons (Fsp3) is 0.818. The summed E-state index contributed by atoms with van der Waals surface area (Å²) in [5.41, 5.74) is 1.58. The SMILES string of the molecule is CCCCCCCCCC(CCCCCCC)Cc1ccsc1. The highest BCUT2D eigenvalue weighted by molar-refractivity contribution is 7.07. The molecule has 0 spiro atoms. The van der Waals surface area contributed by atoms with Crippen LogP contribution in [0.2, 0.25) is 0 Å². The predicted octanol–water partition coefficient (Wildman–Crippen LogP) is 8.41. The second kappa shape index (κ2) is 15.2. The molecule has 0 saturated heterocycles. The van der Waals surface area contributed by atoms with Gasteiger partial charge in [-0.25, -0.2) is 0 Å². The normalized spacial score (nSPS) is 12.6. The zero-order valence-electron chi connectivity index (χ0n) is 15.8. The van der Waals surface area contributed by atoms with Gasteiger partial charge in [-0.15, -0.1) is 0 Å². The van der Waals surface area contributed by atoms with Crippen molar-refractivity contribution in [3.05, 3.63) is 22.4 Å². The van der Waals surface area contributed by atoms with Gasteiger partial charge in [-0.05, 0) is 34.7 Å². The van der Waals surface area contributed by atoms with Gasteiger partial charge < -0.3 is 0 Å². The van der Waals surface area contributed by atoms with Crippen molar-refractivity contribution in [2.45, 2.75) is 110 Å². The molecule has 0 radical (unpaired) electrons. The highest BCUT2D eigenvalue weighted by atomic mass is 32.1. The molecule has 1 unspecified atom stereocenters. The van der Waals surface area contributed by atoms with E-state index < -0.39 is 0 Å². The summed E-state index contributed by atoms with van der Waals surface area (Å²) in [5.74, 6) is 0.932. The summed E-state index contributed by atoms with van der Waals surface area (Å²) in [4.78, 5) is 0. The summed E-state index contributed by atoms with van der Waals surface area (Å²) in [6.45, 7) is 4.61. The van der Waals surface area contributed by atoms with Crippen LogP contribution in [0.25, 0.3) is 0 Å². The zero-order valence-corrected chi connectivity index (χ0v) is 16.6. The molecule has 1 atom stereocenters. The lowest BCUT2D eigenvalue weighted by Crippen LogP contribution is -2.04. The Bertz CT molecular complexity index is 328. The second-order valence-electron chi connectivity index (χ2n) is 7.31. The Morgan fingerprint density at radius 3 is 1.74 bits per heavy atom. The first-order chi connectivity index (χ1) is 11.4. The van der Waals surface area contributed by atoms with E-state index in [1.807, 2.05) is 11.3 Å². The van der Waals surface area contributed by atoms with E-state index in [0.717, 1.165) is 5.92 Å². The van der Waals surface area contributed by atoms with E-state index in [9.17, 15) is 0 Å². The van der Waals surface area contributed by atoms with E-state index in [1.54, 1.807) is 5.56 Å². The van der Waals surface area contributed by atoms with Crippen molar-refractivity contribution >= 4 is 11.3 Å². The van der Waals surface area contributed by atoms with Gasteiger partial charge in [-0.1, -0.05) is 104 Å². The Hall–Kier alpha value is -0.300. The van der Waals surface area contributed by atoms with Crippen molar-refractivity contribution in [3.8, 4) is 0 Å². The third-order valence-corrected chi connectivity index (χ3v) is 5.77. The molecule has 0 fully saturated rings. The van der Waals surface area contributed by atoms with Gasteiger partial charge in [0, 0.05) is 0 Å². The van der Waals surface area contributed by atoms with E-state index >= 15 is 0 Å². The van der Waals surface area contributed by atoms with Crippen molar-refractivity contribution in [2.24, 2.45) is 5.92 Å². The van der Waals surface area contributed by atoms with Gasteiger partial charge in [-0.2, -0.15) is 11.3 Å². The number of unbranched alkanes of at least 4 members (excludes halogenated alkanes) is 10. The Morgan fingerprint density at radius 2 is 1.26 bits per heavy atom. The van der Waals surface area contributed by atoms with Gasteiger partial charge in [0.1, 0.15) is 0 Å². The Morgan fingerprint density at radius 1 is 0.739 bits per heavy atom. The minimum Gasteiger partial charge on any atom is -0.152 e. The van der Waals surface area contributed by atoms with E-state index in [4.69, 9.17) is 0 Å². The third kappa shape index (κ3) is 11.8. The highest BCUT2D eigenvalue weighted by Crippen LogP contribution is 2.24. The Labute approximate surface area is 150 Å². The maximum Gasteiger partial charge on any atom is -0.00612 e. The van der Waals surface area contributed by atoms with Crippen molar-refractivity contribution in [1.82, 2.24) is 0 Å². The first-order valence-corrected chi connectivity index (χ1v) is 11.3. The average molecular weight is 337 g/mol. The molecular weight excluding hydrogens is 296 g/mol. The van der Waals surface area contributed by atoms with Crippen LogP contribution in [0, 0.1) is 5.92 Å². The first kappa shape index (κ1) is 20.7. The second-order valence-corrected chi connectivity index (χ2v) is 8.09. The minimum absolute atomic E-state index is 0.932. The molecule has 0 amide bonds. The summed E-state index contributed by atoms with van der Waals surface area (Å²) in [6, 6.07) is 2.33. The molecule has 134 valence electrons. The highest BCUT2D eigenvalue weighted by Gasteiger charge is 2.10. The summed E-state index contributed by atoms with van der Waals surface area (Å²) >= 11 is 1.86. The molecule has 1 heterocycles. The molecule has 0 aliphatic rings. The van der Waals surface area contributed by atoms with Crippen LogP contribution >= 0.6 is 11.3 Å². The van der Waals surface area contributed by atoms with Gasteiger partial charge in [0.2, 0.25) is 0 Å². The molecule has 23 heavy (non-hydrogen) atoms. The van der Waals surface area contributed by atoms with Crippen LogP contribution in [0.3, 0.4) is 0 Å². The smallest absolute Gasteiger partial charge is 0.00612 e. The van der Waals surface area contributed by atoms with Crippen LogP contribution in [-0.2, 0) is 6.42 Å². The Kier molecular flexibility index (Phi) is 13.7. The van der Waals surface area contributed by atoms with Crippen molar-refractivity contribution in [3.63, 3.8) is 0 Å². The standard InChI is InChI=1S/C22H40S/c1-3-5-7-9-10-12-14-16-21(15-13-11-8-6-4-2)19-22-17-18-23-20-22/h17-18,20-21H,3-16,19H2,1-2H3. The molecule has 0 aliphatic carbocycles. The summed E-state index contributed by atoms with van der Waals surface area (Å²) in [7, 11) is 0. The quantitative estimate of drug-likeness (QED) is 0.266. The van der Waals surface area contributed by atoms with Crippen LogP contribution in [-0.4, -0.2) is 0 Å². The van der Waals surface area contributed by atoms with Crippen molar-refractivity contribution < 1.29 is 0 Å². The number of thiophene rings is 1. The molecule has 0 nitrogen and oxygen atoms in total.